The molecule has 0 saturated carbocycles. The first kappa shape index (κ1) is 16.5. The summed E-state index contributed by atoms with van der Waals surface area (Å²) < 4.78 is 11.1. The van der Waals surface area contributed by atoms with Crippen molar-refractivity contribution in [1.82, 2.24) is 4.90 Å². The molecule has 2 atom stereocenters. The predicted octanol–water partition coefficient (Wildman–Crippen LogP) is 2.77. The van der Waals surface area contributed by atoms with E-state index in [-0.39, 0.29) is 23.7 Å². The predicted molar refractivity (Wildman–Crippen MR) is 92.3 cm³/mol. The van der Waals surface area contributed by atoms with E-state index in [0.29, 0.717) is 25.1 Å². The molecule has 1 aliphatic rings. The van der Waals surface area contributed by atoms with Crippen molar-refractivity contribution in [3.05, 3.63) is 58.5 Å². The van der Waals surface area contributed by atoms with Crippen LogP contribution in [0.5, 0.6) is 0 Å². The zero-order valence-electron chi connectivity index (χ0n) is 14.0. The number of hydrogen-bond donors (Lipinski definition) is 0. The molecule has 2 aromatic rings. The zero-order chi connectivity index (χ0) is 17.3. The summed E-state index contributed by atoms with van der Waals surface area (Å²) in [5, 5.41) is 0.742. The minimum absolute atomic E-state index is 0.0515. The van der Waals surface area contributed by atoms with Crippen LogP contribution in [0.4, 0.5) is 0 Å². The van der Waals surface area contributed by atoms with E-state index >= 15 is 0 Å². The lowest BCUT2D eigenvalue weighted by molar-refractivity contribution is -0.0587. The largest absolute Gasteiger partial charge is 0.422 e. The number of morpholine rings is 1. The molecule has 1 aliphatic heterocycles. The number of hydrogen-bond acceptors (Lipinski definition) is 4. The van der Waals surface area contributed by atoms with Crippen molar-refractivity contribution in [2.24, 2.45) is 0 Å². The van der Waals surface area contributed by atoms with Crippen molar-refractivity contribution in [3.63, 3.8) is 0 Å². The van der Waals surface area contributed by atoms with Crippen LogP contribution in [0.3, 0.4) is 0 Å². The number of allylic oxidation sites excluding steroid dienone is 1. The fourth-order valence-corrected chi connectivity index (χ4v) is 3.18. The molecule has 1 saturated heterocycles. The Balaban J connectivity index is 2.00. The van der Waals surface area contributed by atoms with Gasteiger partial charge >= 0.3 is 5.63 Å². The van der Waals surface area contributed by atoms with Gasteiger partial charge in [-0.25, -0.2) is 4.79 Å². The van der Waals surface area contributed by atoms with Crippen molar-refractivity contribution in [2.75, 3.05) is 13.1 Å². The molecule has 1 aromatic heterocycles. The van der Waals surface area contributed by atoms with Crippen LogP contribution in [-0.4, -0.2) is 36.1 Å². The third-order valence-electron chi connectivity index (χ3n) is 4.14. The average Bonchev–Trinajstić information content (AvgIpc) is 2.53. The maximum Gasteiger partial charge on any atom is 0.349 e. The van der Waals surface area contributed by atoms with Gasteiger partial charge in [-0.15, -0.1) is 6.58 Å². The molecule has 126 valence electrons. The van der Waals surface area contributed by atoms with Crippen molar-refractivity contribution in [3.8, 4) is 0 Å². The van der Waals surface area contributed by atoms with Gasteiger partial charge in [-0.1, -0.05) is 24.3 Å². The molecule has 0 aliphatic carbocycles. The first-order chi connectivity index (χ1) is 11.5. The van der Waals surface area contributed by atoms with Gasteiger partial charge in [0, 0.05) is 18.5 Å². The molecule has 0 N–H and O–H groups in total. The van der Waals surface area contributed by atoms with Crippen LogP contribution in [0.1, 0.15) is 29.8 Å². The van der Waals surface area contributed by atoms with Gasteiger partial charge in [0.15, 0.2) is 0 Å². The highest BCUT2D eigenvalue weighted by Crippen LogP contribution is 2.20. The molecule has 0 bridgehead atoms. The number of amides is 1. The number of nitrogens with zero attached hydrogens (tertiary/aromatic N) is 1. The summed E-state index contributed by atoms with van der Waals surface area (Å²) >= 11 is 0. The van der Waals surface area contributed by atoms with E-state index in [2.05, 4.69) is 6.58 Å². The lowest BCUT2D eigenvalue weighted by Gasteiger charge is -2.35. The van der Waals surface area contributed by atoms with E-state index in [0.717, 1.165) is 10.9 Å². The Morgan fingerprint density at radius 3 is 2.71 bits per heavy atom. The molecule has 1 aromatic carbocycles. The number of benzene rings is 1. The Morgan fingerprint density at radius 1 is 1.33 bits per heavy atom. The maximum absolute atomic E-state index is 12.8. The fraction of sp³-hybridized carbons (Fsp3) is 0.368. The van der Waals surface area contributed by atoms with Gasteiger partial charge in [0.2, 0.25) is 0 Å². The van der Waals surface area contributed by atoms with Crippen molar-refractivity contribution >= 4 is 16.9 Å². The summed E-state index contributed by atoms with van der Waals surface area (Å²) in [6, 6.07) is 7.24. The summed E-state index contributed by atoms with van der Waals surface area (Å²) in [7, 11) is 0. The Labute approximate surface area is 140 Å². The van der Waals surface area contributed by atoms with Gasteiger partial charge < -0.3 is 14.1 Å². The second-order valence-electron chi connectivity index (χ2n) is 6.24. The standard InChI is InChI=1S/C19H21NO4/c1-4-6-14-7-5-8-15-9-16(19(22)24-17(14)15)18(21)20-10-12(2)23-13(3)11-20/h4-5,7-9,12-13H,1,6,10-11H2,2-3H3/t12-,13-/m0/s1. The van der Waals surface area contributed by atoms with Crippen LogP contribution in [0.15, 0.2) is 46.1 Å². The number of carbonyl (C=O) groups excluding carboxylic acids is 1. The molecular weight excluding hydrogens is 306 g/mol. The average molecular weight is 327 g/mol. The molecule has 3 rings (SSSR count). The Kier molecular flexibility index (Phi) is 4.53. The number of rotatable bonds is 3. The van der Waals surface area contributed by atoms with Crippen molar-refractivity contribution in [1.29, 1.82) is 0 Å². The van der Waals surface area contributed by atoms with E-state index in [9.17, 15) is 9.59 Å². The highest BCUT2D eigenvalue weighted by Gasteiger charge is 2.28. The van der Waals surface area contributed by atoms with Gasteiger partial charge in [0.25, 0.3) is 5.91 Å². The van der Waals surface area contributed by atoms with E-state index in [1.807, 2.05) is 32.0 Å². The fourth-order valence-electron chi connectivity index (χ4n) is 3.18. The summed E-state index contributed by atoms with van der Waals surface area (Å²) in [6.07, 6.45) is 2.25. The summed E-state index contributed by atoms with van der Waals surface area (Å²) in [5.41, 5.74) is 0.866. The molecule has 1 fully saturated rings. The molecule has 24 heavy (non-hydrogen) atoms. The highest BCUT2D eigenvalue weighted by molar-refractivity contribution is 5.97. The lowest BCUT2D eigenvalue weighted by Crippen LogP contribution is -2.49. The van der Waals surface area contributed by atoms with Crippen LogP contribution < -0.4 is 5.63 Å². The van der Waals surface area contributed by atoms with E-state index < -0.39 is 5.63 Å². The SMILES string of the molecule is C=CCc1cccc2cc(C(=O)N3C[C@H](C)O[C@@H](C)C3)c(=O)oc12. The molecule has 1 amide bonds. The van der Waals surface area contributed by atoms with Gasteiger partial charge in [-0.2, -0.15) is 0 Å². The van der Waals surface area contributed by atoms with E-state index in [1.165, 1.54) is 0 Å². The molecule has 0 radical (unpaired) electrons. The van der Waals surface area contributed by atoms with Crippen LogP contribution in [-0.2, 0) is 11.2 Å². The second kappa shape index (κ2) is 6.61. The van der Waals surface area contributed by atoms with Crippen LogP contribution in [0.25, 0.3) is 11.0 Å². The summed E-state index contributed by atoms with van der Waals surface area (Å²) in [5.74, 6) is -0.304. The lowest BCUT2D eigenvalue weighted by atomic mass is 10.1. The third kappa shape index (κ3) is 3.12. The normalized spacial score (nSPS) is 21.0. The van der Waals surface area contributed by atoms with Crippen LogP contribution in [0, 0.1) is 0 Å². The zero-order valence-corrected chi connectivity index (χ0v) is 14.0. The van der Waals surface area contributed by atoms with Crippen molar-refractivity contribution < 1.29 is 13.9 Å². The first-order valence-corrected chi connectivity index (χ1v) is 8.11. The smallest absolute Gasteiger partial charge is 0.349 e. The molecule has 5 nitrogen and oxygen atoms in total. The van der Waals surface area contributed by atoms with Gasteiger partial charge in [-0.05, 0) is 31.9 Å². The Hall–Kier alpha value is -2.40. The van der Waals surface area contributed by atoms with Crippen LogP contribution >= 0.6 is 0 Å². The second-order valence-corrected chi connectivity index (χ2v) is 6.24. The summed E-state index contributed by atoms with van der Waals surface area (Å²) in [4.78, 5) is 26.8. The molecule has 2 heterocycles. The number of para-hydroxylation sites is 1. The number of fused-ring (bicyclic) bond motifs is 1. The monoisotopic (exact) mass is 327 g/mol. The molecule has 0 unspecified atom stereocenters. The molecule has 0 spiro atoms. The van der Waals surface area contributed by atoms with E-state index in [1.54, 1.807) is 17.0 Å². The maximum atomic E-state index is 12.8. The van der Waals surface area contributed by atoms with Gasteiger partial charge in [0.05, 0.1) is 12.2 Å². The Morgan fingerprint density at radius 2 is 2.04 bits per heavy atom. The van der Waals surface area contributed by atoms with Crippen molar-refractivity contribution in [2.45, 2.75) is 32.5 Å². The Bertz CT molecular complexity index is 829. The first-order valence-electron chi connectivity index (χ1n) is 8.11. The minimum Gasteiger partial charge on any atom is -0.422 e. The number of carbonyl (C=O) groups is 1. The molecule has 5 heteroatoms. The minimum atomic E-state index is -0.601. The summed E-state index contributed by atoms with van der Waals surface area (Å²) in [6.45, 7) is 8.49. The third-order valence-corrected chi connectivity index (χ3v) is 4.14. The topological polar surface area (TPSA) is 59.8 Å². The quantitative estimate of drug-likeness (QED) is 0.642. The van der Waals surface area contributed by atoms with Gasteiger partial charge in [0.1, 0.15) is 11.1 Å². The van der Waals surface area contributed by atoms with Crippen LogP contribution in [0.2, 0.25) is 0 Å². The molecular formula is C19H21NO4. The highest BCUT2D eigenvalue weighted by atomic mass is 16.5. The van der Waals surface area contributed by atoms with Gasteiger partial charge in [-0.3, -0.25) is 4.79 Å². The number of ether oxygens (including phenoxy) is 1. The van der Waals surface area contributed by atoms with E-state index in [4.69, 9.17) is 9.15 Å².